The SMILES string of the molecule is CCOC(=O)c1ccccc1/C=C/S(=O)(=O)N1CCC2(CC1)N=C(C1CCCCC1)NC2=O. The fraction of sp³-hybridized carbons (Fsp3) is 0.542. The molecule has 0 radical (unpaired) electrons. The van der Waals surface area contributed by atoms with E-state index in [0.29, 0.717) is 29.9 Å². The number of hydrogen-bond acceptors (Lipinski definition) is 6. The molecule has 0 unspecified atom stereocenters. The van der Waals surface area contributed by atoms with Gasteiger partial charge in [-0.1, -0.05) is 37.5 Å². The third-order valence-corrected chi connectivity index (χ3v) is 8.34. The number of esters is 1. The van der Waals surface area contributed by atoms with Gasteiger partial charge in [0.1, 0.15) is 11.4 Å². The molecule has 1 N–H and O–H groups in total. The smallest absolute Gasteiger partial charge is 0.338 e. The van der Waals surface area contributed by atoms with E-state index in [1.54, 1.807) is 31.2 Å². The summed E-state index contributed by atoms with van der Waals surface area (Å²) < 4.78 is 32.3. The number of rotatable bonds is 6. The van der Waals surface area contributed by atoms with Crippen LogP contribution in [0, 0.1) is 5.92 Å². The summed E-state index contributed by atoms with van der Waals surface area (Å²) in [5.74, 6) is 0.519. The Hall–Kier alpha value is -2.52. The number of nitrogens with zero attached hydrogens (tertiary/aromatic N) is 2. The van der Waals surface area contributed by atoms with Crippen LogP contribution in [0.3, 0.4) is 0 Å². The van der Waals surface area contributed by atoms with Gasteiger partial charge in [0.15, 0.2) is 0 Å². The number of carbonyl (C=O) groups is 2. The average molecular weight is 474 g/mol. The lowest BCUT2D eigenvalue weighted by Gasteiger charge is -2.34. The summed E-state index contributed by atoms with van der Waals surface area (Å²) in [6.07, 6.45) is 7.79. The zero-order chi connectivity index (χ0) is 23.5. The van der Waals surface area contributed by atoms with Crippen molar-refractivity contribution in [2.45, 2.75) is 57.4 Å². The second kappa shape index (κ2) is 9.77. The summed E-state index contributed by atoms with van der Waals surface area (Å²) in [4.78, 5) is 29.7. The second-order valence-corrected chi connectivity index (χ2v) is 10.7. The molecule has 178 valence electrons. The van der Waals surface area contributed by atoms with Crippen molar-refractivity contribution in [2.24, 2.45) is 10.9 Å². The Morgan fingerprint density at radius 1 is 1.21 bits per heavy atom. The molecule has 1 amide bonds. The van der Waals surface area contributed by atoms with Crippen molar-refractivity contribution in [3.05, 3.63) is 40.8 Å². The van der Waals surface area contributed by atoms with Crippen molar-refractivity contribution in [3.8, 4) is 0 Å². The van der Waals surface area contributed by atoms with Crippen LogP contribution in [0.5, 0.6) is 0 Å². The molecule has 1 aromatic rings. The van der Waals surface area contributed by atoms with Crippen molar-refractivity contribution < 1.29 is 22.7 Å². The van der Waals surface area contributed by atoms with Crippen molar-refractivity contribution in [3.63, 3.8) is 0 Å². The Morgan fingerprint density at radius 3 is 2.61 bits per heavy atom. The van der Waals surface area contributed by atoms with Crippen LogP contribution >= 0.6 is 0 Å². The maximum absolute atomic E-state index is 12.9. The first kappa shape index (κ1) is 23.6. The van der Waals surface area contributed by atoms with Crippen LogP contribution in [0.15, 0.2) is 34.7 Å². The van der Waals surface area contributed by atoms with Crippen LogP contribution in [-0.2, 0) is 19.6 Å². The van der Waals surface area contributed by atoms with Gasteiger partial charge >= 0.3 is 5.97 Å². The van der Waals surface area contributed by atoms with Gasteiger partial charge in [-0.05, 0) is 50.3 Å². The predicted octanol–water partition coefficient (Wildman–Crippen LogP) is 3.11. The van der Waals surface area contributed by atoms with E-state index in [-0.39, 0.29) is 25.6 Å². The summed E-state index contributed by atoms with van der Waals surface area (Å²) in [5, 5.41) is 4.12. The first-order valence-electron chi connectivity index (χ1n) is 11.7. The van der Waals surface area contributed by atoms with Crippen LogP contribution in [0.2, 0.25) is 0 Å². The number of amides is 1. The van der Waals surface area contributed by atoms with Crippen molar-refractivity contribution >= 4 is 33.8 Å². The number of aliphatic imine (C=N–C) groups is 1. The summed E-state index contributed by atoms with van der Waals surface area (Å²) in [6, 6.07) is 6.72. The van der Waals surface area contributed by atoms with E-state index in [1.165, 1.54) is 16.8 Å². The van der Waals surface area contributed by atoms with Crippen molar-refractivity contribution in [1.82, 2.24) is 9.62 Å². The van der Waals surface area contributed by atoms with Crippen molar-refractivity contribution in [1.29, 1.82) is 0 Å². The molecular weight excluding hydrogens is 442 g/mol. The van der Waals surface area contributed by atoms with Crippen LogP contribution < -0.4 is 5.32 Å². The molecule has 3 aliphatic rings. The molecule has 1 spiro atoms. The topological polar surface area (TPSA) is 105 Å². The van der Waals surface area contributed by atoms with E-state index < -0.39 is 21.5 Å². The largest absolute Gasteiger partial charge is 0.462 e. The average Bonchev–Trinajstić information content (AvgIpc) is 3.14. The van der Waals surface area contributed by atoms with E-state index in [4.69, 9.17) is 9.73 Å². The third kappa shape index (κ3) is 5.04. The van der Waals surface area contributed by atoms with E-state index >= 15 is 0 Å². The minimum Gasteiger partial charge on any atom is -0.462 e. The normalized spacial score (nSPS) is 21.8. The van der Waals surface area contributed by atoms with Crippen LogP contribution in [0.1, 0.15) is 67.8 Å². The molecule has 4 rings (SSSR count). The molecule has 0 atom stereocenters. The van der Waals surface area contributed by atoms with Gasteiger partial charge in [0.05, 0.1) is 12.2 Å². The fourth-order valence-corrected chi connectivity index (χ4v) is 6.03. The maximum Gasteiger partial charge on any atom is 0.338 e. The summed E-state index contributed by atoms with van der Waals surface area (Å²) in [6.45, 7) is 2.40. The minimum absolute atomic E-state index is 0.0981. The molecular formula is C24H31N3O5S. The highest BCUT2D eigenvalue weighted by Crippen LogP contribution is 2.35. The standard InChI is InChI=1S/C24H31N3O5S/c1-2-32-22(28)20-11-7-6-8-18(20)12-17-33(30,31)27-15-13-24(14-16-27)23(29)25-21(26-24)19-9-4-3-5-10-19/h6-8,11-12,17,19H,2-5,9-10,13-16H2,1H3,(H,25,26,29)/b17-12+. The van der Waals surface area contributed by atoms with Gasteiger partial charge < -0.3 is 10.1 Å². The Kier molecular flexibility index (Phi) is 6.99. The molecule has 2 fully saturated rings. The van der Waals surface area contributed by atoms with Crippen LogP contribution in [0.4, 0.5) is 0 Å². The zero-order valence-electron chi connectivity index (χ0n) is 19.0. The molecule has 9 heteroatoms. The summed E-state index contributed by atoms with van der Waals surface area (Å²) >= 11 is 0. The highest BCUT2D eigenvalue weighted by Gasteiger charge is 2.48. The molecule has 1 aliphatic carbocycles. The number of hydrogen-bond donors (Lipinski definition) is 1. The monoisotopic (exact) mass is 473 g/mol. The molecule has 2 heterocycles. The van der Waals surface area contributed by atoms with Gasteiger partial charge in [-0.15, -0.1) is 0 Å². The van der Waals surface area contributed by atoms with Crippen LogP contribution in [0.25, 0.3) is 6.08 Å². The second-order valence-electron chi connectivity index (χ2n) is 8.87. The quantitative estimate of drug-likeness (QED) is 0.639. The Labute approximate surface area is 195 Å². The number of piperidine rings is 1. The number of sulfonamides is 1. The lowest BCUT2D eigenvalue weighted by atomic mass is 9.88. The molecule has 8 nitrogen and oxygen atoms in total. The number of amidine groups is 1. The Morgan fingerprint density at radius 2 is 1.91 bits per heavy atom. The maximum atomic E-state index is 12.9. The van der Waals surface area contributed by atoms with E-state index in [9.17, 15) is 18.0 Å². The van der Waals surface area contributed by atoms with Crippen molar-refractivity contribution in [2.75, 3.05) is 19.7 Å². The zero-order valence-corrected chi connectivity index (χ0v) is 19.8. The Balaban J connectivity index is 1.44. The van der Waals surface area contributed by atoms with E-state index in [1.807, 2.05) is 0 Å². The molecule has 2 aliphatic heterocycles. The van der Waals surface area contributed by atoms with E-state index in [2.05, 4.69) is 5.32 Å². The molecule has 1 saturated carbocycles. The van der Waals surface area contributed by atoms with Crippen LogP contribution in [-0.4, -0.2) is 55.7 Å². The lowest BCUT2D eigenvalue weighted by molar-refractivity contribution is -0.125. The van der Waals surface area contributed by atoms with E-state index in [0.717, 1.165) is 36.9 Å². The first-order chi connectivity index (χ1) is 15.8. The van der Waals surface area contributed by atoms with Gasteiger partial charge in [0.2, 0.25) is 10.0 Å². The molecule has 1 saturated heterocycles. The van der Waals surface area contributed by atoms with Gasteiger partial charge in [0.25, 0.3) is 5.91 Å². The summed E-state index contributed by atoms with van der Waals surface area (Å²) in [5.41, 5.74) is -0.0561. The molecule has 1 aromatic carbocycles. The van der Waals surface area contributed by atoms with Gasteiger partial charge in [-0.3, -0.25) is 9.79 Å². The van der Waals surface area contributed by atoms with Gasteiger partial charge in [-0.25, -0.2) is 13.2 Å². The lowest BCUT2D eigenvalue weighted by Crippen LogP contribution is -2.50. The Bertz CT molecular complexity index is 1070. The number of benzene rings is 1. The number of carbonyl (C=O) groups excluding carboxylic acids is 2. The van der Waals surface area contributed by atoms with Gasteiger partial charge in [0, 0.05) is 24.4 Å². The third-order valence-electron chi connectivity index (χ3n) is 6.78. The minimum atomic E-state index is -3.71. The number of nitrogens with one attached hydrogen (secondary N) is 1. The summed E-state index contributed by atoms with van der Waals surface area (Å²) in [7, 11) is -3.71. The predicted molar refractivity (Wildman–Crippen MR) is 126 cm³/mol. The molecule has 0 aromatic heterocycles. The molecule has 0 bridgehead atoms. The first-order valence-corrected chi connectivity index (χ1v) is 13.2. The van der Waals surface area contributed by atoms with Gasteiger partial charge in [-0.2, -0.15) is 4.31 Å². The highest BCUT2D eigenvalue weighted by molar-refractivity contribution is 7.92. The fourth-order valence-electron chi connectivity index (χ4n) is 4.84. The highest BCUT2D eigenvalue weighted by atomic mass is 32.2. The number of ether oxygens (including phenoxy) is 1. The molecule has 33 heavy (non-hydrogen) atoms.